The minimum atomic E-state index is -3.83. The van der Waals surface area contributed by atoms with Gasteiger partial charge in [-0.05, 0) is 38.0 Å². The number of carboxylic acid groups (broad SMARTS) is 1. The summed E-state index contributed by atoms with van der Waals surface area (Å²) in [6.45, 7) is 1.73. The molecule has 0 radical (unpaired) electrons. The fourth-order valence-corrected chi connectivity index (χ4v) is 4.65. The number of H-pyrrole nitrogens is 2. The van der Waals surface area contributed by atoms with E-state index in [0.29, 0.717) is 23.9 Å². The molecule has 3 N–H and O–H groups in total. The summed E-state index contributed by atoms with van der Waals surface area (Å²) in [6.07, 6.45) is 0.964. The van der Waals surface area contributed by atoms with Crippen molar-refractivity contribution in [1.29, 1.82) is 0 Å². The van der Waals surface area contributed by atoms with Crippen LogP contribution in [0.2, 0.25) is 0 Å². The zero-order valence-corrected chi connectivity index (χ0v) is 13.3. The van der Waals surface area contributed by atoms with E-state index in [1.54, 1.807) is 6.92 Å². The largest absolute Gasteiger partial charge is 0.481 e. The van der Waals surface area contributed by atoms with Crippen LogP contribution in [0.15, 0.2) is 27.9 Å². The van der Waals surface area contributed by atoms with Crippen molar-refractivity contribution in [3.63, 3.8) is 0 Å². The monoisotopic (exact) mass is 339 g/mol. The van der Waals surface area contributed by atoms with E-state index in [0.717, 1.165) is 0 Å². The quantitative estimate of drug-likeness (QED) is 0.760. The van der Waals surface area contributed by atoms with Gasteiger partial charge in [0, 0.05) is 12.6 Å². The van der Waals surface area contributed by atoms with E-state index >= 15 is 0 Å². The van der Waals surface area contributed by atoms with Gasteiger partial charge in [0.15, 0.2) is 0 Å². The van der Waals surface area contributed by atoms with Crippen molar-refractivity contribution in [3.05, 3.63) is 28.7 Å². The summed E-state index contributed by atoms with van der Waals surface area (Å²) in [6, 6.07) is 4.05. The number of fused-ring (bicyclic) bond motifs is 1. The maximum absolute atomic E-state index is 12.8. The molecular weight excluding hydrogens is 322 g/mol. The summed E-state index contributed by atoms with van der Waals surface area (Å²) in [7, 11) is -3.83. The van der Waals surface area contributed by atoms with Crippen LogP contribution in [0.4, 0.5) is 0 Å². The number of carbonyl (C=O) groups is 1. The third-order valence-corrected chi connectivity index (χ3v) is 6.24. The number of aliphatic carboxylic acids is 1. The molecule has 1 aliphatic heterocycles. The van der Waals surface area contributed by atoms with Crippen LogP contribution in [0.3, 0.4) is 0 Å². The predicted molar refractivity (Wildman–Crippen MR) is 82.6 cm³/mol. The van der Waals surface area contributed by atoms with Gasteiger partial charge in [0.2, 0.25) is 10.0 Å². The minimum absolute atomic E-state index is 0.0399. The lowest BCUT2D eigenvalue weighted by molar-refractivity contribution is -0.143. The van der Waals surface area contributed by atoms with Crippen molar-refractivity contribution >= 4 is 27.0 Å². The average Bonchev–Trinajstić information content (AvgIpc) is 2.86. The van der Waals surface area contributed by atoms with Gasteiger partial charge in [-0.15, -0.1) is 0 Å². The molecule has 124 valence electrons. The number of sulfonamides is 1. The minimum Gasteiger partial charge on any atom is -0.481 e. The highest BCUT2D eigenvalue weighted by Gasteiger charge is 2.37. The average molecular weight is 339 g/mol. The topological polar surface area (TPSA) is 123 Å². The molecule has 2 unspecified atom stereocenters. The van der Waals surface area contributed by atoms with Crippen LogP contribution < -0.4 is 5.69 Å². The molecule has 0 amide bonds. The van der Waals surface area contributed by atoms with E-state index in [9.17, 15) is 18.0 Å². The Morgan fingerprint density at radius 2 is 1.96 bits per heavy atom. The molecule has 23 heavy (non-hydrogen) atoms. The van der Waals surface area contributed by atoms with Gasteiger partial charge in [0.05, 0.1) is 21.8 Å². The van der Waals surface area contributed by atoms with Crippen LogP contribution in [0.5, 0.6) is 0 Å². The van der Waals surface area contributed by atoms with E-state index < -0.39 is 27.6 Å². The number of hydrogen-bond acceptors (Lipinski definition) is 4. The van der Waals surface area contributed by atoms with Gasteiger partial charge in [-0.3, -0.25) is 4.79 Å². The molecule has 0 spiro atoms. The number of aromatic amines is 2. The Bertz CT molecular complexity index is 914. The Balaban J connectivity index is 2.00. The van der Waals surface area contributed by atoms with Crippen molar-refractivity contribution in [3.8, 4) is 0 Å². The number of aromatic nitrogens is 2. The van der Waals surface area contributed by atoms with E-state index in [1.165, 1.54) is 22.5 Å². The van der Waals surface area contributed by atoms with Gasteiger partial charge >= 0.3 is 11.7 Å². The van der Waals surface area contributed by atoms with E-state index in [1.807, 2.05) is 0 Å². The first-order valence-electron chi connectivity index (χ1n) is 7.26. The van der Waals surface area contributed by atoms with Crippen molar-refractivity contribution in [2.24, 2.45) is 5.92 Å². The number of piperidine rings is 1. The van der Waals surface area contributed by atoms with Crippen LogP contribution >= 0.6 is 0 Å². The molecule has 1 aromatic carbocycles. The van der Waals surface area contributed by atoms with Crippen molar-refractivity contribution in [2.45, 2.75) is 30.7 Å². The number of nitrogens with zero attached hydrogens (tertiary/aromatic N) is 1. The molecule has 2 aromatic rings. The molecule has 3 rings (SSSR count). The molecule has 2 heterocycles. The lowest BCUT2D eigenvalue weighted by Gasteiger charge is -2.35. The van der Waals surface area contributed by atoms with Crippen molar-refractivity contribution in [1.82, 2.24) is 14.3 Å². The predicted octanol–water partition coefficient (Wildman–Crippen LogP) is 0.730. The lowest BCUT2D eigenvalue weighted by atomic mass is 9.96. The Morgan fingerprint density at radius 3 is 2.65 bits per heavy atom. The Hall–Kier alpha value is -2.13. The molecule has 0 saturated carbocycles. The number of benzene rings is 1. The van der Waals surface area contributed by atoms with Gasteiger partial charge in [0.1, 0.15) is 0 Å². The Kier molecular flexibility index (Phi) is 3.77. The fourth-order valence-electron chi connectivity index (χ4n) is 2.92. The number of carboxylic acids is 1. The highest BCUT2D eigenvalue weighted by Crippen LogP contribution is 2.29. The summed E-state index contributed by atoms with van der Waals surface area (Å²) in [5.74, 6) is -1.68. The highest BCUT2D eigenvalue weighted by molar-refractivity contribution is 7.89. The second kappa shape index (κ2) is 5.50. The molecule has 8 nitrogen and oxygen atoms in total. The van der Waals surface area contributed by atoms with Crippen molar-refractivity contribution < 1.29 is 18.3 Å². The van der Waals surface area contributed by atoms with Gasteiger partial charge < -0.3 is 15.1 Å². The fraction of sp³-hybridized carbons (Fsp3) is 0.429. The molecule has 1 aliphatic rings. The lowest BCUT2D eigenvalue weighted by Crippen LogP contribution is -2.47. The summed E-state index contributed by atoms with van der Waals surface area (Å²) >= 11 is 0. The van der Waals surface area contributed by atoms with E-state index in [2.05, 4.69) is 9.97 Å². The van der Waals surface area contributed by atoms with Crippen LogP contribution in [0, 0.1) is 5.92 Å². The molecule has 0 aliphatic carbocycles. The number of hydrogen-bond donors (Lipinski definition) is 3. The molecule has 0 bridgehead atoms. The number of imidazole rings is 1. The van der Waals surface area contributed by atoms with E-state index in [4.69, 9.17) is 5.11 Å². The smallest absolute Gasteiger partial charge is 0.323 e. The summed E-state index contributed by atoms with van der Waals surface area (Å²) in [4.78, 5) is 27.6. The zero-order valence-electron chi connectivity index (χ0n) is 12.4. The SMILES string of the molecule is CC1CCC(C(=O)O)CN1S(=O)(=O)c1ccc2[nH]c(=O)[nH]c2c1. The van der Waals surface area contributed by atoms with Gasteiger partial charge in [-0.1, -0.05) is 0 Å². The van der Waals surface area contributed by atoms with Crippen LogP contribution in [-0.4, -0.2) is 46.4 Å². The summed E-state index contributed by atoms with van der Waals surface area (Å²) in [5.41, 5.74) is 0.506. The first-order valence-corrected chi connectivity index (χ1v) is 8.70. The van der Waals surface area contributed by atoms with Crippen LogP contribution in [0.1, 0.15) is 19.8 Å². The normalized spacial score (nSPS) is 23.2. The maximum atomic E-state index is 12.8. The highest BCUT2D eigenvalue weighted by atomic mass is 32.2. The van der Waals surface area contributed by atoms with E-state index in [-0.39, 0.29) is 17.5 Å². The van der Waals surface area contributed by atoms with Gasteiger partial charge in [0.25, 0.3) is 0 Å². The maximum Gasteiger partial charge on any atom is 0.323 e. The van der Waals surface area contributed by atoms with Crippen LogP contribution in [0.25, 0.3) is 11.0 Å². The summed E-state index contributed by atoms with van der Waals surface area (Å²) in [5, 5.41) is 9.16. The standard InChI is InChI=1S/C14H17N3O5S/c1-8-2-3-9(13(18)19)7-17(8)23(21,22)10-4-5-11-12(6-10)16-14(20)15-11/h4-6,8-9H,2-3,7H2,1H3,(H,18,19)(H2,15,16,20). The zero-order chi connectivity index (χ0) is 16.8. The molecular formula is C14H17N3O5S. The second-order valence-electron chi connectivity index (χ2n) is 5.82. The van der Waals surface area contributed by atoms with Gasteiger partial charge in [-0.25, -0.2) is 13.2 Å². The summed E-state index contributed by atoms with van der Waals surface area (Å²) < 4.78 is 26.9. The third kappa shape index (κ3) is 2.77. The Labute approximate surface area is 132 Å². The second-order valence-corrected chi connectivity index (χ2v) is 7.71. The van der Waals surface area contributed by atoms with Crippen LogP contribution in [-0.2, 0) is 14.8 Å². The number of rotatable bonds is 3. The Morgan fingerprint density at radius 1 is 1.26 bits per heavy atom. The molecule has 1 fully saturated rings. The van der Waals surface area contributed by atoms with Crippen molar-refractivity contribution in [2.75, 3.05) is 6.54 Å². The molecule has 9 heteroatoms. The first kappa shape index (κ1) is 15.8. The van der Waals surface area contributed by atoms with Gasteiger partial charge in [-0.2, -0.15) is 4.31 Å². The molecule has 1 saturated heterocycles. The number of nitrogens with one attached hydrogen (secondary N) is 2. The third-order valence-electron chi connectivity index (χ3n) is 4.27. The molecule has 1 aromatic heterocycles. The first-order chi connectivity index (χ1) is 10.8. The molecule has 2 atom stereocenters.